The van der Waals surface area contributed by atoms with E-state index < -0.39 is 5.54 Å². The minimum absolute atomic E-state index is 0.0111. The van der Waals surface area contributed by atoms with E-state index in [1.54, 1.807) is 11.3 Å². The highest BCUT2D eigenvalue weighted by Crippen LogP contribution is 2.36. The van der Waals surface area contributed by atoms with Crippen LogP contribution in [0, 0.1) is 0 Å². The van der Waals surface area contributed by atoms with E-state index in [0.29, 0.717) is 5.13 Å². The molecule has 1 heterocycles. The van der Waals surface area contributed by atoms with Crippen molar-refractivity contribution in [3.8, 4) is 0 Å². The van der Waals surface area contributed by atoms with Crippen LogP contribution in [0.25, 0.3) is 0 Å². The van der Waals surface area contributed by atoms with Gasteiger partial charge >= 0.3 is 0 Å². The number of nitrogens with zero attached hydrogens (tertiary/aromatic N) is 1. The van der Waals surface area contributed by atoms with Gasteiger partial charge in [0.2, 0.25) is 5.91 Å². The van der Waals surface area contributed by atoms with Crippen LogP contribution in [0.15, 0.2) is 24.3 Å². The molecule has 24 heavy (non-hydrogen) atoms. The Balaban J connectivity index is 1.41. The molecule has 6 heteroatoms. The van der Waals surface area contributed by atoms with Gasteiger partial charge in [0.1, 0.15) is 0 Å². The van der Waals surface area contributed by atoms with Crippen LogP contribution < -0.4 is 10.6 Å². The van der Waals surface area contributed by atoms with Crippen molar-refractivity contribution in [2.45, 2.75) is 37.6 Å². The van der Waals surface area contributed by atoms with Gasteiger partial charge in [-0.2, -0.15) is 0 Å². The number of aryl methyl sites for hydroxylation is 3. The monoisotopic (exact) mass is 343 g/mol. The Morgan fingerprint density at radius 2 is 2.17 bits per heavy atom. The Hall–Kier alpha value is -1.76. The van der Waals surface area contributed by atoms with Gasteiger partial charge in [-0.3, -0.25) is 10.1 Å². The largest absolute Gasteiger partial charge is 0.394 e. The number of thiazole rings is 1. The SMILES string of the molecule is O=C(CNC1(CO)CCc2ccccc21)Nc1nc2c(s1)CCC2. The van der Waals surface area contributed by atoms with Crippen molar-refractivity contribution in [3.05, 3.63) is 46.0 Å². The zero-order valence-corrected chi connectivity index (χ0v) is 14.3. The molecule has 0 fully saturated rings. The predicted molar refractivity (Wildman–Crippen MR) is 94.3 cm³/mol. The number of benzene rings is 1. The van der Waals surface area contributed by atoms with E-state index in [9.17, 15) is 9.90 Å². The van der Waals surface area contributed by atoms with E-state index in [4.69, 9.17) is 0 Å². The molecule has 0 bridgehead atoms. The minimum atomic E-state index is -0.515. The van der Waals surface area contributed by atoms with Crippen molar-refractivity contribution in [2.75, 3.05) is 18.5 Å². The number of rotatable bonds is 5. The van der Waals surface area contributed by atoms with Crippen LogP contribution in [-0.2, 0) is 29.6 Å². The van der Waals surface area contributed by atoms with E-state index in [0.717, 1.165) is 36.9 Å². The Labute approximate surface area is 145 Å². The average molecular weight is 343 g/mol. The molecule has 2 aliphatic rings. The van der Waals surface area contributed by atoms with Crippen LogP contribution >= 0.6 is 11.3 Å². The molecular weight excluding hydrogens is 322 g/mol. The first kappa shape index (κ1) is 15.7. The number of aliphatic hydroxyl groups is 1. The van der Waals surface area contributed by atoms with E-state index in [1.807, 2.05) is 18.2 Å². The first-order chi connectivity index (χ1) is 11.7. The third kappa shape index (κ3) is 2.75. The number of carbonyl (C=O) groups excluding carboxylic acids is 1. The lowest BCUT2D eigenvalue weighted by molar-refractivity contribution is -0.115. The smallest absolute Gasteiger partial charge is 0.240 e. The standard InChI is InChI=1S/C18H21N3O2S/c22-11-18(9-8-12-4-1-2-5-13(12)18)19-10-16(23)21-17-20-14-6-3-7-15(14)24-17/h1-2,4-5,19,22H,3,6-11H2,(H,20,21,23). The summed E-state index contributed by atoms with van der Waals surface area (Å²) in [6.07, 6.45) is 4.99. The highest BCUT2D eigenvalue weighted by atomic mass is 32.1. The summed E-state index contributed by atoms with van der Waals surface area (Å²) in [6.45, 7) is 0.155. The van der Waals surface area contributed by atoms with Gasteiger partial charge in [0.15, 0.2) is 5.13 Å². The minimum Gasteiger partial charge on any atom is -0.394 e. The molecule has 0 saturated heterocycles. The fourth-order valence-corrected chi connectivity index (χ4v) is 4.81. The maximum absolute atomic E-state index is 12.3. The average Bonchev–Trinajstić information content (AvgIpc) is 3.26. The second kappa shape index (κ2) is 6.27. The molecule has 0 radical (unpaired) electrons. The maximum Gasteiger partial charge on any atom is 0.240 e. The molecule has 2 aromatic rings. The van der Waals surface area contributed by atoms with Gasteiger partial charge in [-0.1, -0.05) is 24.3 Å². The molecular formula is C18H21N3O2S. The van der Waals surface area contributed by atoms with Gasteiger partial charge in [0.05, 0.1) is 24.4 Å². The summed E-state index contributed by atoms with van der Waals surface area (Å²) in [6, 6.07) is 8.12. The summed E-state index contributed by atoms with van der Waals surface area (Å²) in [4.78, 5) is 18.1. The number of hydrogen-bond acceptors (Lipinski definition) is 5. The Kier molecular flexibility index (Phi) is 4.12. The van der Waals surface area contributed by atoms with Crippen molar-refractivity contribution in [1.29, 1.82) is 0 Å². The number of anilines is 1. The van der Waals surface area contributed by atoms with Crippen molar-refractivity contribution in [3.63, 3.8) is 0 Å². The first-order valence-corrected chi connectivity index (χ1v) is 9.24. The molecule has 2 aliphatic carbocycles. The Morgan fingerprint density at radius 1 is 1.29 bits per heavy atom. The zero-order valence-electron chi connectivity index (χ0n) is 13.5. The summed E-state index contributed by atoms with van der Waals surface area (Å²) < 4.78 is 0. The molecule has 0 aliphatic heterocycles. The van der Waals surface area contributed by atoms with Gasteiger partial charge in [-0.25, -0.2) is 4.98 Å². The maximum atomic E-state index is 12.3. The molecule has 3 N–H and O–H groups in total. The second-order valence-electron chi connectivity index (χ2n) is 6.54. The Bertz CT molecular complexity index is 752. The zero-order chi connectivity index (χ0) is 16.6. The fourth-order valence-electron chi connectivity index (χ4n) is 3.75. The van der Waals surface area contributed by atoms with Gasteiger partial charge in [-0.15, -0.1) is 11.3 Å². The molecule has 0 saturated carbocycles. The van der Waals surface area contributed by atoms with Gasteiger partial charge in [0.25, 0.3) is 0 Å². The topological polar surface area (TPSA) is 74.2 Å². The molecule has 1 aromatic heterocycles. The highest BCUT2D eigenvalue weighted by molar-refractivity contribution is 7.15. The molecule has 1 aromatic carbocycles. The van der Waals surface area contributed by atoms with Crippen molar-refractivity contribution >= 4 is 22.4 Å². The number of fused-ring (bicyclic) bond motifs is 2. The van der Waals surface area contributed by atoms with Crippen LogP contribution in [0.3, 0.4) is 0 Å². The number of aliphatic hydroxyl groups excluding tert-OH is 1. The molecule has 1 atom stereocenters. The third-order valence-electron chi connectivity index (χ3n) is 5.05. The van der Waals surface area contributed by atoms with Crippen LogP contribution in [-0.4, -0.2) is 29.1 Å². The van der Waals surface area contributed by atoms with E-state index in [-0.39, 0.29) is 19.1 Å². The van der Waals surface area contributed by atoms with Crippen molar-refractivity contribution in [1.82, 2.24) is 10.3 Å². The van der Waals surface area contributed by atoms with Crippen LogP contribution in [0.5, 0.6) is 0 Å². The van der Waals surface area contributed by atoms with E-state index in [1.165, 1.54) is 16.9 Å². The normalized spacial score (nSPS) is 21.5. The summed E-state index contributed by atoms with van der Waals surface area (Å²) >= 11 is 1.58. The molecule has 4 rings (SSSR count). The van der Waals surface area contributed by atoms with Gasteiger partial charge in [0, 0.05) is 4.88 Å². The number of aromatic nitrogens is 1. The summed E-state index contributed by atoms with van der Waals surface area (Å²) in [5.74, 6) is -0.111. The summed E-state index contributed by atoms with van der Waals surface area (Å²) in [5, 5.41) is 16.8. The number of carbonyl (C=O) groups is 1. The van der Waals surface area contributed by atoms with Crippen LogP contribution in [0.1, 0.15) is 34.5 Å². The lowest BCUT2D eigenvalue weighted by Crippen LogP contribution is -2.47. The summed E-state index contributed by atoms with van der Waals surface area (Å²) in [7, 11) is 0. The molecule has 5 nitrogen and oxygen atoms in total. The second-order valence-corrected chi connectivity index (χ2v) is 7.63. The van der Waals surface area contributed by atoms with E-state index in [2.05, 4.69) is 21.7 Å². The fraction of sp³-hybridized carbons (Fsp3) is 0.444. The quantitative estimate of drug-likeness (QED) is 0.776. The third-order valence-corrected chi connectivity index (χ3v) is 6.13. The molecule has 1 unspecified atom stereocenters. The van der Waals surface area contributed by atoms with Crippen LogP contribution in [0.4, 0.5) is 5.13 Å². The van der Waals surface area contributed by atoms with Gasteiger partial charge in [-0.05, 0) is 43.2 Å². The highest BCUT2D eigenvalue weighted by Gasteiger charge is 2.37. The predicted octanol–water partition coefficient (Wildman–Crippen LogP) is 1.99. The first-order valence-electron chi connectivity index (χ1n) is 8.43. The summed E-state index contributed by atoms with van der Waals surface area (Å²) in [5.41, 5.74) is 2.97. The lowest BCUT2D eigenvalue weighted by Gasteiger charge is -2.29. The van der Waals surface area contributed by atoms with Crippen molar-refractivity contribution < 1.29 is 9.90 Å². The lowest BCUT2D eigenvalue weighted by atomic mass is 9.92. The number of amides is 1. The Morgan fingerprint density at radius 3 is 3.00 bits per heavy atom. The molecule has 126 valence electrons. The van der Waals surface area contributed by atoms with Gasteiger partial charge < -0.3 is 10.4 Å². The van der Waals surface area contributed by atoms with Crippen LogP contribution in [0.2, 0.25) is 0 Å². The van der Waals surface area contributed by atoms with E-state index >= 15 is 0 Å². The molecule has 0 spiro atoms. The number of nitrogens with one attached hydrogen (secondary N) is 2. The molecule has 1 amide bonds. The van der Waals surface area contributed by atoms with Crippen molar-refractivity contribution in [2.24, 2.45) is 0 Å². The number of hydrogen-bond donors (Lipinski definition) is 3.